The van der Waals surface area contributed by atoms with Gasteiger partial charge in [0.25, 0.3) is 11.8 Å². The third-order valence-electron chi connectivity index (χ3n) is 4.44. The van der Waals surface area contributed by atoms with E-state index in [-0.39, 0.29) is 30.5 Å². The summed E-state index contributed by atoms with van der Waals surface area (Å²) < 4.78 is 28.3. The number of nitrogens with one attached hydrogen (secondary N) is 1. The molecule has 1 aliphatic rings. The Kier molecular flexibility index (Phi) is 4.53. The molecular formula is C17H16F2N6O2S. The molecule has 8 nitrogen and oxygen atoms in total. The predicted octanol–water partition coefficient (Wildman–Crippen LogP) is 1.78. The summed E-state index contributed by atoms with van der Waals surface area (Å²) in [5, 5.41) is 6.91. The minimum absolute atomic E-state index is 0.138. The maximum absolute atomic E-state index is 13.1. The van der Waals surface area contributed by atoms with Crippen molar-refractivity contribution < 1.29 is 13.6 Å². The number of carbonyl (C=O) groups is 1. The van der Waals surface area contributed by atoms with Crippen molar-refractivity contribution in [1.29, 1.82) is 0 Å². The smallest absolute Gasteiger partial charge is 0.346 e. The normalized spacial score (nSPS) is 17.5. The fraction of sp³-hybridized carbons (Fsp3) is 0.353. The van der Waals surface area contributed by atoms with Crippen molar-refractivity contribution in [3.63, 3.8) is 0 Å². The highest BCUT2D eigenvalue weighted by Gasteiger charge is 2.57. The Morgan fingerprint density at radius 1 is 1.43 bits per heavy atom. The summed E-state index contributed by atoms with van der Waals surface area (Å²) in [7, 11) is 0. The lowest BCUT2D eigenvalue weighted by Crippen LogP contribution is -2.25. The summed E-state index contributed by atoms with van der Waals surface area (Å²) in [5.74, 6) is -3.91. The van der Waals surface area contributed by atoms with Gasteiger partial charge in [0.1, 0.15) is 11.2 Å². The van der Waals surface area contributed by atoms with E-state index >= 15 is 0 Å². The quantitative estimate of drug-likeness (QED) is 0.673. The standard InChI is InChI=1S/C17H16F2N6O2S/c1-10-13(14(26)21-7-12-4-2-3-5-20-12)28-15(23-10)24-9-22-25(16(24)27)8-11-6-17(11,18)19/h2-5,9,11H,6-8H2,1H3,(H,21,26). The van der Waals surface area contributed by atoms with E-state index in [4.69, 9.17) is 0 Å². The monoisotopic (exact) mass is 406 g/mol. The van der Waals surface area contributed by atoms with Gasteiger partial charge in [0, 0.05) is 18.5 Å². The Balaban J connectivity index is 1.49. The molecule has 28 heavy (non-hydrogen) atoms. The molecular weight excluding hydrogens is 390 g/mol. The molecule has 1 saturated carbocycles. The van der Waals surface area contributed by atoms with E-state index < -0.39 is 17.5 Å². The number of thiazole rings is 1. The molecule has 1 N–H and O–H groups in total. The first kappa shape index (κ1) is 18.4. The van der Waals surface area contributed by atoms with Gasteiger partial charge in [0.2, 0.25) is 0 Å². The summed E-state index contributed by atoms with van der Waals surface area (Å²) >= 11 is 1.04. The number of rotatable bonds is 6. The number of halogens is 2. The highest BCUT2D eigenvalue weighted by molar-refractivity contribution is 7.16. The number of hydrogen-bond donors (Lipinski definition) is 1. The van der Waals surface area contributed by atoms with Crippen molar-refractivity contribution in [1.82, 2.24) is 29.6 Å². The summed E-state index contributed by atoms with van der Waals surface area (Å²) in [4.78, 5) is 33.6. The van der Waals surface area contributed by atoms with Crippen LogP contribution < -0.4 is 11.0 Å². The minimum atomic E-state index is -2.72. The van der Waals surface area contributed by atoms with Gasteiger partial charge in [-0.3, -0.25) is 9.78 Å². The number of alkyl halides is 2. The van der Waals surface area contributed by atoms with Crippen LogP contribution in [0.3, 0.4) is 0 Å². The van der Waals surface area contributed by atoms with Crippen molar-refractivity contribution in [3.8, 4) is 5.13 Å². The van der Waals surface area contributed by atoms with Crippen LogP contribution in [0.1, 0.15) is 27.5 Å². The number of carbonyl (C=O) groups excluding carboxylic acids is 1. The number of pyridine rings is 1. The fourth-order valence-electron chi connectivity index (χ4n) is 2.72. The molecule has 0 saturated heterocycles. The molecule has 3 aromatic heterocycles. The predicted molar refractivity (Wildman–Crippen MR) is 96.7 cm³/mol. The van der Waals surface area contributed by atoms with Gasteiger partial charge in [-0.25, -0.2) is 27.8 Å². The second-order valence-electron chi connectivity index (χ2n) is 6.54. The summed E-state index contributed by atoms with van der Waals surface area (Å²) in [6.07, 6.45) is 2.64. The molecule has 0 radical (unpaired) electrons. The lowest BCUT2D eigenvalue weighted by Gasteiger charge is -2.02. The molecule has 3 heterocycles. The van der Waals surface area contributed by atoms with E-state index in [0.29, 0.717) is 16.3 Å². The molecule has 11 heteroatoms. The van der Waals surface area contributed by atoms with Crippen molar-refractivity contribution in [3.05, 3.63) is 57.5 Å². The topological polar surface area (TPSA) is 94.7 Å². The number of nitrogens with zero attached hydrogens (tertiary/aromatic N) is 5. The average Bonchev–Trinajstić information content (AvgIpc) is 2.95. The van der Waals surface area contributed by atoms with Crippen LogP contribution in [-0.2, 0) is 13.1 Å². The van der Waals surface area contributed by atoms with Crippen LogP contribution >= 0.6 is 11.3 Å². The van der Waals surface area contributed by atoms with Crippen LogP contribution in [0.4, 0.5) is 8.78 Å². The summed E-state index contributed by atoms with van der Waals surface area (Å²) in [5.41, 5.74) is 0.622. The zero-order valence-corrected chi connectivity index (χ0v) is 15.6. The van der Waals surface area contributed by atoms with Crippen molar-refractivity contribution >= 4 is 17.2 Å². The second kappa shape index (κ2) is 6.89. The van der Waals surface area contributed by atoms with Crippen molar-refractivity contribution in [2.75, 3.05) is 0 Å². The highest BCUT2D eigenvalue weighted by Crippen LogP contribution is 2.49. The molecule has 4 rings (SSSR count). The number of aromatic nitrogens is 5. The SMILES string of the molecule is Cc1nc(-n2cnn(CC3CC3(F)F)c2=O)sc1C(=O)NCc1ccccn1. The largest absolute Gasteiger partial charge is 0.352 e. The van der Waals surface area contributed by atoms with Gasteiger partial charge in [-0.1, -0.05) is 17.4 Å². The Hall–Kier alpha value is -2.95. The summed E-state index contributed by atoms with van der Waals surface area (Å²) in [6.45, 7) is 1.79. The van der Waals surface area contributed by atoms with E-state index in [1.807, 2.05) is 6.07 Å². The van der Waals surface area contributed by atoms with Gasteiger partial charge >= 0.3 is 5.69 Å². The lowest BCUT2D eigenvalue weighted by atomic mass is 10.3. The van der Waals surface area contributed by atoms with Crippen LogP contribution in [0.5, 0.6) is 0 Å². The third kappa shape index (κ3) is 3.57. The molecule has 1 fully saturated rings. The van der Waals surface area contributed by atoms with Crippen LogP contribution in [-0.4, -0.2) is 36.1 Å². The maximum Gasteiger partial charge on any atom is 0.352 e. The summed E-state index contributed by atoms with van der Waals surface area (Å²) in [6, 6.07) is 5.40. The molecule has 146 valence electrons. The first-order valence-corrected chi connectivity index (χ1v) is 9.35. The Morgan fingerprint density at radius 2 is 2.21 bits per heavy atom. The molecule has 1 aliphatic carbocycles. The maximum atomic E-state index is 13.1. The van der Waals surface area contributed by atoms with Crippen LogP contribution in [0.25, 0.3) is 5.13 Å². The zero-order chi connectivity index (χ0) is 19.9. The lowest BCUT2D eigenvalue weighted by molar-refractivity contribution is 0.0936. The zero-order valence-electron chi connectivity index (χ0n) is 14.8. The van der Waals surface area contributed by atoms with Gasteiger partial charge in [0.05, 0.1) is 24.5 Å². The number of amides is 1. The molecule has 0 aromatic carbocycles. The van der Waals surface area contributed by atoms with Gasteiger partial charge in [0.15, 0.2) is 5.13 Å². The van der Waals surface area contributed by atoms with Gasteiger partial charge in [-0.2, -0.15) is 5.10 Å². The molecule has 0 bridgehead atoms. The van der Waals surface area contributed by atoms with Crippen LogP contribution in [0.15, 0.2) is 35.5 Å². The van der Waals surface area contributed by atoms with E-state index in [9.17, 15) is 18.4 Å². The molecule has 1 amide bonds. The first-order chi connectivity index (χ1) is 13.3. The fourth-order valence-corrected chi connectivity index (χ4v) is 3.67. The van der Waals surface area contributed by atoms with Crippen molar-refractivity contribution in [2.45, 2.75) is 32.4 Å². The molecule has 0 aliphatic heterocycles. The second-order valence-corrected chi connectivity index (χ2v) is 7.52. The van der Waals surface area contributed by atoms with Crippen molar-refractivity contribution in [2.24, 2.45) is 5.92 Å². The minimum Gasteiger partial charge on any atom is -0.346 e. The van der Waals surface area contributed by atoms with Crippen LogP contribution in [0.2, 0.25) is 0 Å². The van der Waals surface area contributed by atoms with E-state index in [2.05, 4.69) is 20.4 Å². The molecule has 1 unspecified atom stereocenters. The van der Waals surface area contributed by atoms with Gasteiger partial charge < -0.3 is 5.32 Å². The number of aryl methyl sites for hydroxylation is 1. The van der Waals surface area contributed by atoms with E-state index in [1.165, 1.54) is 6.33 Å². The average molecular weight is 406 g/mol. The molecule has 0 spiro atoms. The van der Waals surface area contributed by atoms with Gasteiger partial charge in [-0.05, 0) is 19.1 Å². The third-order valence-corrected chi connectivity index (χ3v) is 5.59. The van der Waals surface area contributed by atoms with E-state index in [1.54, 1.807) is 25.3 Å². The number of hydrogen-bond acceptors (Lipinski definition) is 6. The van der Waals surface area contributed by atoms with Crippen LogP contribution in [0, 0.1) is 12.8 Å². The Bertz CT molecular complexity index is 1080. The Morgan fingerprint density at radius 3 is 2.89 bits per heavy atom. The highest BCUT2D eigenvalue weighted by atomic mass is 32.1. The van der Waals surface area contributed by atoms with E-state index in [0.717, 1.165) is 20.6 Å². The molecule has 3 aromatic rings. The van der Waals surface area contributed by atoms with Gasteiger partial charge in [-0.15, -0.1) is 0 Å². The molecule has 1 atom stereocenters. The Labute approximate surface area is 161 Å². The first-order valence-electron chi connectivity index (χ1n) is 8.53.